The minimum absolute atomic E-state index is 0.642. The Morgan fingerprint density at radius 3 is 2.79 bits per heavy atom. The van der Waals surface area contributed by atoms with Gasteiger partial charge < -0.3 is 19.5 Å². The van der Waals surface area contributed by atoms with Crippen molar-refractivity contribution >= 4 is 0 Å². The third-order valence-electron chi connectivity index (χ3n) is 3.14. The van der Waals surface area contributed by atoms with Gasteiger partial charge >= 0.3 is 0 Å². The van der Waals surface area contributed by atoms with E-state index in [0.717, 1.165) is 37.6 Å². The zero-order chi connectivity index (χ0) is 13.3. The van der Waals surface area contributed by atoms with Crippen LogP contribution in [0.3, 0.4) is 0 Å². The summed E-state index contributed by atoms with van der Waals surface area (Å²) >= 11 is 0. The van der Waals surface area contributed by atoms with Gasteiger partial charge in [0.15, 0.2) is 11.5 Å². The summed E-state index contributed by atoms with van der Waals surface area (Å²) in [6, 6.07) is 6.14. The van der Waals surface area contributed by atoms with E-state index in [2.05, 4.69) is 17.4 Å². The van der Waals surface area contributed by atoms with Gasteiger partial charge in [-0.25, -0.2) is 0 Å². The number of unbranched alkanes of at least 4 members (excludes halogenated alkanes) is 2. The molecule has 0 radical (unpaired) electrons. The summed E-state index contributed by atoms with van der Waals surface area (Å²) < 4.78 is 16.1. The molecule has 2 rings (SSSR count). The summed E-state index contributed by atoms with van der Waals surface area (Å²) in [5, 5.41) is 3.45. The smallest absolute Gasteiger partial charge is 0.161 e. The molecule has 0 atom stereocenters. The lowest BCUT2D eigenvalue weighted by Gasteiger charge is -2.19. The Bertz CT molecular complexity index is 382. The standard InChI is InChI=1S/C15H23NO3/c1-17-8-4-2-3-7-16-12-13-5-6-14-15(11-13)19-10-9-18-14/h5-6,11,16H,2-4,7-10,12H2,1H3. The van der Waals surface area contributed by atoms with Crippen molar-refractivity contribution < 1.29 is 14.2 Å². The SMILES string of the molecule is COCCCCCNCc1ccc2c(c1)OCCO2. The van der Waals surface area contributed by atoms with Crippen LogP contribution in [0.5, 0.6) is 11.5 Å². The van der Waals surface area contributed by atoms with E-state index in [4.69, 9.17) is 14.2 Å². The molecule has 106 valence electrons. The fraction of sp³-hybridized carbons (Fsp3) is 0.600. The molecule has 1 aromatic carbocycles. The molecule has 1 aliphatic rings. The van der Waals surface area contributed by atoms with Crippen LogP contribution in [0.4, 0.5) is 0 Å². The van der Waals surface area contributed by atoms with Crippen LogP contribution in [-0.2, 0) is 11.3 Å². The molecule has 0 unspecified atom stereocenters. The Morgan fingerprint density at radius 1 is 1.11 bits per heavy atom. The number of nitrogens with one attached hydrogen (secondary N) is 1. The Balaban J connectivity index is 1.66. The van der Waals surface area contributed by atoms with E-state index in [9.17, 15) is 0 Å². The molecular weight excluding hydrogens is 242 g/mol. The minimum atomic E-state index is 0.642. The van der Waals surface area contributed by atoms with Gasteiger partial charge in [-0.15, -0.1) is 0 Å². The lowest BCUT2D eigenvalue weighted by molar-refractivity contribution is 0.171. The Hall–Kier alpha value is -1.26. The van der Waals surface area contributed by atoms with Gasteiger partial charge in [-0.2, -0.15) is 0 Å². The first kappa shape index (κ1) is 14.2. The number of benzene rings is 1. The molecule has 0 amide bonds. The molecular formula is C15H23NO3. The lowest BCUT2D eigenvalue weighted by atomic mass is 10.2. The van der Waals surface area contributed by atoms with E-state index in [1.807, 2.05) is 6.07 Å². The van der Waals surface area contributed by atoms with Crippen LogP contribution in [-0.4, -0.2) is 33.5 Å². The van der Waals surface area contributed by atoms with Gasteiger partial charge in [0.1, 0.15) is 13.2 Å². The zero-order valence-electron chi connectivity index (χ0n) is 11.6. The summed E-state index contributed by atoms with van der Waals surface area (Å²) in [4.78, 5) is 0. The first-order chi connectivity index (χ1) is 9.40. The average Bonchev–Trinajstić information content (AvgIpc) is 2.46. The van der Waals surface area contributed by atoms with E-state index in [1.54, 1.807) is 7.11 Å². The zero-order valence-corrected chi connectivity index (χ0v) is 11.6. The van der Waals surface area contributed by atoms with Gasteiger partial charge in [0.25, 0.3) is 0 Å². The van der Waals surface area contributed by atoms with Gasteiger partial charge in [-0.05, 0) is 43.5 Å². The predicted molar refractivity (Wildman–Crippen MR) is 74.9 cm³/mol. The van der Waals surface area contributed by atoms with Crippen molar-refractivity contribution in [2.45, 2.75) is 25.8 Å². The molecule has 1 aliphatic heterocycles. The lowest BCUT2D eigenvalue weighted by Crippen LogP contribution is -2.17. The number of rotatable bonds is 8. The monoisotopic (exact) mass is 265 g/mol. The molecule has 4 heteroatoms. The van der Waals surface area contributed by atoms with E-state index >= 15 is 0 Å². The second-order valence-corrected chi connectivity index (χ2v) is 4.71. The van der Waals surface area contributed by atoms with Crippen molar-refractivity contribution in [2.75, 3.05) is 33.5 Å². The maximum Gasteiger partial charge on any atom is 0.161 e. The van der Waals surface area contributed by atoms with Crippen LogP contribution in [0.25, 0.3) is 0 Å². The largest absolute Gasteiger partial charge is 0.486 e. The normalized spacial score (nSPS) is 13.5. The molecule has 0 saturated heterocycles. The molecule has 0 saturated carbocycles. The molecule has 1 N–H and O–H groups in total. The fourth-order valence-electron chi connectivity index (χ4n) is 2.10. The average molecular weight is 265 g/mol. The Morgan fingerprint density at radius 2 is 1.95 bits per heavy atom. The number of methoxy groups -OCH3 is 1. The molecule has 0 spiro atoms. The molecule has 4 nitrogen and oxygen atoms in total. The van der Waals surface area contributed by atoms with Crippen molar-refractivity contribution in [3.8, 4) is 11.5 Å². The van der Waals surface area contributed by atoms with Gasteiger partial charge in [-0.1, -0.05) is 6.07 Å². The molecule has 0 bridgehead atoms. The highest BCUT2D eigenvalue weighted by atomic mass is 16.6. The predicted octanol–water partition coefficient (Wildman–Crippen LogP) is 2.36. The van der Waals surface area contributed by atoms with Crippen LogP contribution < -0.4 is 14.8 Å². The van der Waals surface area contributed by atoms with Crippen LogP contribution in [0, 0.1) is 0 Å². The van der Waals surface area contributed by atoms with E-state index < -0.39 is 0 Å². The van der Waals surface area contributed by atoms with Crippen molar-refractivity contribution in [3.05, 3.63) is 23.8 Å². The highest BCUT2D eigenvalue weighted by molar-refractivity contribution is 5.43. The molecule has 0 aromatic heterocycles. The summed E-state index contributed by atoms with van der Waals surface area (Å²) in [6.07, 6.45) is 3.54. The fourth-order valence-corrected chi connectivity index (χ4v) is 2.10. The second kappa shape index (κ2) is 8.02. The molecule has 1 aromatic rings. The summed E-state index contributed by atoms with van der Waals surface area (Å²) in [5.74, 6) is 1.72. The third-order valence-corrected chi connectivity index (χ3v) is 3.14. The number of hydrogen-bond donors (Lipinski definition) is 1. The number of hydrogen-bond acceptors (Lipinski definition) is 4. The van der Waals surface area contributed by atoms with Crippen LogP contribution in [0.1, 0.15) is 24.8 Å². The van der Waals surface area contributed by atoms with Crippen molar-refractivity contribution in [3.63, 3.8) is 0 Å². The maximum atomic E-state index is 5.57. The van der Waals surface area contributed by atoms with E-state index in [1.165, 1.54) is 18.4 Å². The number of ether oxygens (including phenoxy) is 3. The number of fused-ring (bicyclic) bond motifs is 1. The van der Waals surface area contributed by atoms with Crippen LogP contribution in [0.15, 0.2) is 18.2 Å². The Labute approximate surface area is 115 Å². The topological polar surface area (TPSA) is 39.7 Å². The summed E-state index contributed by atoms with van der Waals surface area (Å²) in [7, 11) is 1.75. The third kappa shape index (κ3) is 4.73. The van der Waals surface area contributed by atoms with Crippen LogP contribution >= 0.6 is 0 Å². The first-order valence-electron chi connectivity index (χ1n) is 6.98. The molecule has 1 heterocycles. The summed E-state index contributed by atoms with van der Waals surface area (Å²) in [6.45, 7) is 4.07. The van der Waals surface area contributed by atoms with Gasteiger partial charge in [-0.3, -0.25) is 0 Å². The summed E-state index contributed by atoms with van der Waals surface area (Å²) in [5.41, 5.74) is 1.24. The molecule has 0 aliphatic carbocycles. The Kier molecular flexibility index (Phi) is 5.98. The van der Waals surface area contributed by atoms with Gasteiger partial charge in [0, 0.05) is 20.3 Å². The van der Waals surface area contributed by atoms with E-state index in [-0.39, 0.29) is 0 Å². The van der Waals surface area contributed by atoms with Crippen molar-refractivity contribution in [1.82, 2.24) is 5.32 Å². The minimum Gasteiger partial charge on any atom is -0.486 e. The van der Waals surface area contributed by atoms with Crippen molar-refractivity contribution in [1.29, 1.82) is 0 Å². The highest BCUT2D eigenvalue weighted by Gasteiger charge is 2.11. The van der Waals surface area contributed by atoms with E-state index in [0.29, 0.717) is 13.2 Å². The quantitative estimate of drug-likeness (QED) is 0.733. The second-order valence-electron chi connectivity index (χ2n) is 4.71. The van der Waals surface area contributed by atoms with Gasteiger partial charge in [0.2, 0.25) is 0 Å². The first-order valence-corrected chi connectivity index (χ1v) is 6.98. The molecule has 0 fully saturated rings. The van der Waals surface area contributed by atoms with Gasteiger partial charge in [0.05, 0.1) is 0 Å². The van der Waals surface area contributed by atoms with Crippen molar-refractivity contribution in [2.24, 2.45) is 0 Å². The highest BCUT2D eigenvalue weighted by Crippen LogP contribution is 2.30. The molecule has 19 heavy (non-hydrogen) atoms. The maximum absolute atomic E-state index is 5.57. The van der Waals surface area contributed by atoms with Crippen LogP contribution in [0.2, 0.25) is 0 Å².